The van der Waals surface area contributed by atoms with Gasteiger partial charge >= 0.3 is 5.97 Å². The fourth-order valence-electron chi connectivity index (χ4n) is 3.59. The smallest absolute Gasteiger partial charge is 0.302 e. The van der Waals surface area contributed by atoms with Gasteiger partial charge in [-0.15, -0.1) is 0 Å². The third kappa shape index (κ3) is 7.33. The highest BCUT2D eigenvalue weighted by Gasteiger charge is 2.49. The maximum atomic E-state index is 13.0. The molecule has 0 spiro atoms. The van der Waals surface area contributed by atoms with E-state index in [9.17, 15) is 27.9 Å². The van der Waals surface area contributed by atoms with Crippen molar-refractivity contribution < 1.29 is 41.6 Å². The van der Waals surface area contributed by atoms with Crippen molar-refractivity contribution in [3.8, 4) is 0 Å². The first-order valence-electron chi connectivity index (χ1n) is 10.6. The van der Waals surface area contributed by atoms with Crippen molar-refractivity contribution in [3.63, 3.8) is 0 Å². The molecule has 35 heavy (non-hydrogen) atoms. The van der Waals surface area contributed by atoms with Gasteiger partial charge in [-0.3, -0.25) is 18.6 Å². The highest BCUT2D eigenvalue weighted by atomic mass is 32.2. The minimum Gasteiger partial charge on any atom is -0.463 e. The van der Waals surface area contributed by atoms with Gasteiger partial charge in [-0.1, -0.05) is 36.4 Å². The highest BCUT2D eigenvalue weighted by molar-refractivity contribution is 7.86. The molecule has 0 aromatic heterocycles. The summed E-state index contributed by atoms with van der Waals surface area (Å²) in [7, 11) is -4.12. The first kappa shape index (κ1) is 26.3. The van der Waals surface area contributed by atoms with Crippen LogP contribution >= 0.6 is 0 Å². The topological polar surface area (TPSA) is 157 Å². The summed E-state index contributed by atoms with van der Waals surface area (Å²) < 4.78 is 39.8. The van der Waals surface area contributed by atoms with Crippen LogP contribution in [0, 0.1) is 0 Å². The van der Waals surface area contributed by atoms with E-state index in [-0.39, 0.29) is 11.1 Å². The van der Waals surface area contributed by atoms with Crippen LogP contribution < -0.4 is 10.6 Å². The van der Waals surface area contributed by atoms with Crippen LogP contribution in [0.1, 0.15) is 27.6 Å². The average Bonchev–Trinajstić information content (AvgIpc) is 2.82. The molecule has 0 bridgehead atoms. The Morgan fingerprint density at radius 1 is 0.914 bits per heavy atom. The van der Waals surface area contributed by atoms with Crippen molar-refractivity contribution in [3.05, 3.63) is 71.8 Å². The van der Waals surface area contributed by atoms with Gasteiger partial charge in [0.2, 0.25) is 0 Å². The molecule has 3 N–H and O–H groups in total. The lowest BCUT2D eigenvalue weighted by molar-refractivity contribution is -0.225. The van der Waals surface area contributed by atoms with Gasteiger partial charge in [-0.25, -0.2) is 0 Å². The number of esters is 1. The monoisotopic (exact) mass is 506 g/mol. The first-order chi connectivity index (χ1) is 16.5. The van der Waals surface area contributed by atoms with Crippen LogP contribution in [0.5, 0.6) is 0 Å². The lowest BCUT2D eigenvalue weighted by Crippen LogP contribution is -2.70. The minimum atomic E-state index is -4.12. The van der Waals surface area contributed by atoms with E-state index in [0.29, 0.717) is 0 Å². The van der Waals surface area contributed by atoms with Gasteiger partial charge in [0.15, 0.2) is 6.29 Å². The molecule has 2 amide bonds. The number of benzene rings is 2. The zero-order valence-corrected chi connectivity index (χ0v) is 19.8. The van der Waals surface area contributed by atoms with Crippen LogP contribution in [0.25, 0.3) is 0 Å². The molecular weight excluding hydrogens is 480 g/mol. The fourth-order valence-corrected chi connectivity index (χ4v) is 4.24. The Labute approximate surface area is 202 Å². The summed E-state index contributed by atoms with van der Waals surface area (Å²) in [4.78, 5) is 37.1. The molecule has 2 aromatic rings. The number of carbonyl (C=O) groups is 3. The zero-order valence-electron chi connectivity index (χ0n) is 19.0. The SMILES string of the molecule is CC(=O)OC[C@H]1O[C@@H](O)[C@H](NC(=O)c2ccccc2)[C@@H](NC(=O)c2ccccc2)[C@@H]1OS(C)(=O)=O. The van der Waals surface area contributed by atoms with Gasteiger partial charge < -0.3 is 25.2 Å². The van der Waals surface area contributed by atoms with Crippen molar-refractivity contribution in [2.45, 2.75) is 37.5 Å². The third-order valence-corrected chi connectivity index (χ3v) is 5.70. The summed E-state index contributed by atoms with van der Waals surface area (Å²) in [5.41, 5.74) is 0.506. The molecular formula is C23H26N2O9S. The van der Waals surface area contributed by atoms with Gasteiger partial charge in [-0.05, 0) is 24.3 Å². The molecule has 0 saturated carbocycles. The van der Waals surface area contributed by atoms with Crippen LogP contribution in [-0.4, -0.2) is 74.8 Å². The second kappa shape index (κ2) is 11.4. The Morgan fingerprint density at radius 2 is 1.40 bits per heavy atom. The van der Waals surface area contributed by atoms with Crippen LogP contribution in [0.4, 0.5) is 0 Å². The van der Waals surface area contributed by atoms with Crippen LogP contribution in [0.3, 0.4) is 0 Å². The highest BCUT2D eigenvalue weighted by Crippen LogP contribution is 2.25. The van der Waals surface area contributed by atoms with Gasteiger partial charge in [0.1, 0.15) is 24.9 Å². The summed E-state index contributed by atoms with van der Waals surface area (Å²) in [6.07, 6.45) is -3.64. The molecule has 2 aromatic carbocycles. The molecule has 0 unspecified atom stereocenters. The van der Waals surface area contributed by atoms with Gasteiger partial charge in [0.25, 0.3) is 21.9 Å². The third-order valence-electron chi connectivity index (χ3n) is 5.13. The molecule has 1 aliphatic heterocycles. The Kier molecular flexibility index (Phi) is 8.57. The summed E-state index contributed by atoms with van der Waals surface area (Å²) in [5.74, 6) is -1.89. The van der Waals surface area contributed by atoms with E-state index in [1.807, 2.05) is 0 Å². The predicted molar refractivity (Wildman–Crippen MR) is 123 cm³/mol. The molecule has 3 rings (SSSR count). The van der Waals surface area contributed by atoms with Crippen LogP contribution in [0.2, 0.25) is 0 Å². The number of nitrogens with one attached hydrogen (secondary N) is 2. The fraction of sp³-hybridized carbons (Fsp3) is 0.348. The first-order valence-corrected chi connectivity index (χ1v) is 12.4. The summed E-state index contributed by atoms with van der Waals surface area (Å²) in [6.45, 7) is 0.673. The second-order valence-electron chi connectivity index (χ2n) is 7.86. The Hall–Kier alpha value is -3.32. The molecule has 1 fully saturated rings. The molecule has 188 valence electrons. The van der Waals surface area contributed by atoms with Crippen molar-refractivity contribution in [1.82, 2.24) is 10.6 Å². The predicted octanol–water partition coefficient (Wildman–Crippen LogP) is 0.209. The minimum absolute atomic E-state index is 0.247. The standard InChI is InChI=1S/C23H26N2O9S/c1-14(26)32-13-17-20(34-35(2,30)31)18(24-21(27)15-9-5-3-6-10-15)19(23(29)33-17)25-22(28)16-11-7-4-8-12-16/h3-12,17-20,23,29H,13H2,1-2H3,(H,24,27)(H,25,28)/t17-,18-,19-,20-,23-/m1/s1. The molecule has 5 atom stereocenters. The molecule has 1 saturated heterocycles. The van der Waals surface area contributed by atoms with E-state index in [0.717, 1.165) is 13.2 Å². The summed E-state index contributed by atoms with van der Waals surface area (Å²) in [6, 6.07) is 13.5. The van der Waals surface area contributed by atoms with Crippen molar-refractivity contribution >= 4 is 27.9 Å². The number of aliphatic hydroxyl groups is 1. The average molecular weight is 507 g/mol. The van der Waals surface area contributed by atoms with E-state index in [2.05, 4.69) is 10.6 Å². The van der Waals surface area contributed by atoms with E-state index in [1.54, 1.807) is 36.4 Å². The quantitative estimate of drug-likeness (QED) is 0.336. The number of ether oxygens (including phenoxy) is 2. The van der Waals surface area contributed by atoms with Crippen LogP contribution in [-0.2, 0) is 28.6 Å². The lowest BCUT2D eigenvalue weighted by Gasteiger charge is -2.44. The van der Waals surface area contributed by atoms with Crippen molar-refractivity contribution in [1.29, 1.82) is 0 Å². The number of amides is 2. The molecule has 11 nitrogen and oxygen atoms in total. The number of carbonyl (C=O) groups excluding carboxylic acids is 3. The van der Waals surface area contributed by atoms with E-state index < -0.39 is 65.1 Å². The number of hydrogen-bond donors (Lipinski definition) is 3. The largest absolute Gasteiger partial charge is 0.463 e. The Balaban J connectivity index is 1.97. The summed E-state index contributed by atoms with van der Waals surface area (Å²) in [5, 5.41) is 16.0. The number of aliphatic hydroxyl groups excluding tert-OH is 1. The lowest BCUT2D eigenvalue weighted by atomic mass is 9.93. The Morgan fingerprint density at radius 3 is 1.86 bits per heavy atom. The van der Waals surface area contributed by atoms with E-state index >= 15 is 0 Å². The van der Waals surface area contributed by atoms with Crippen molar-refractivity contribution in [2.75, 3.05) is 12.9 Å². The summed E-state index contributed by atoms with van der Waals surface area (Å²) >= 11 is 0. The second-order valence-corrected chi connectivity index (χ2v) is 9.46. The van der Waals surface area contributed by atoms with E-state index in [1.165, 1.54) is 24.3 Å². The maximum absolute atomic E-state index is 13.0. The molecule has 1 heterocycles. The molecule has 1 aliphatic rings. The maximum Gasteiger partial charge on any atom is 0.302 e. The number of hydrogen-bond acceptors (Lipinski definition) is 9. The van der Waals surface area contributed by atoms with Crippen LogP contribution in [0.15, 0.2) is 60.7 Å². The zero-order chi connectivity index (χ0) is 25.6. The van der Waals surface area contributed by atoms with Gasteiger partial charge in [0, 0.05) is 18.1 Å². The Bertz CT molecular complexity index is 1140. The van der Waals surface area contributed by atoms with Gasteiger partial charge in [-0.2, -0.15) is 8.42 Å². The normalized spacial score (nSPS) is 24.3. The van der Waals surface area contributed by atoms with Crippen molar-refractivity contribution in [2.24, 2.45) is 0 Å². The van der Waals surface area contributed by atoms with Gasteiger partial charge in [0.05, 0.1) is 12.3 Å². The number of rotatable bonds is 8. The molecule has 0 aliphatic carbocycles. The van der Waals surface area contributed by atoms with E-state index in [4.69, 9.17) is 13.7 Å². The molecule has 12 heteroatoms. The molecule has 0 radical (unpaired) electrons.